The molecule has 1 amide bonds. The quantitative estimate of drug-likeness (QED) is 0.659. The van der Waals surface area contributed by atoms with Gasteiger partial charge >= 0.3 is 5.97 Å². The van der Waals surface area contributed by atoms with Gasteiger partial charge in [-0.25, -0.2) is 13.6 Å². The van der Waals surface area contributed by atoms with Crippen LogP contribution in [0.3, 0.4) is 0 Å². The number of ether oxygens (including phenoxy) is 2. The zero-order valence-electron chi connectivity index (χ0n) is 14.6. The number of benzene rings is 2. The second-order valence-electron chi connectivity index (χ2n) is 5.61. The maximum absolute atomic E-state index is 12.1. The molecule has 0 radical (unpaired) electrons. The molecule has 1 atom stereocenters. The molecule has 9 heteroatoms. The molecule has 0 unspecified atom stereocenters. The lowest BCUT2D eigenvalue weighted by Crippen LogP contribution is -2.30. The van der Waals surface area contributed by atoms with E-state index in [0.717, 1.165) is 0 Å². The monoisotopic (exact) mass is 392 g/mol. The predicted molar refractivity (Wildman–Crippen MR) is 98.6 cm³/mol. The van der Waals surface area contributed by atoms with E-state index in [1.54, 1.807) is 12.1 Å². The summed E-state index contributed by atoms with van der Waals surface area (Å²) in [6, 6.07) is 14.4. The molecule has 0 saturated carbocycles. The molecule has 8 nitrogen and oxygen atoms in total. The number of nitrogens with two attached hydrogens (primary N) is 1. The van der Waals surface area contributed by atoms with Crippen LogP contribution in [0.25, 0.3) is 0 Å². The Morgan fingerprint density at radius 1 is 1.11 bits per heavy atom. The van der Waals surface area contributed by atoms with E-state index >= 15 is 0 Å². The largest absolute Gasteiger partial charge is 0.493 e. The Morgan fingerprint density at radius 3 is 2.48 bits per heavy atom. The van der Waals surface area contributed by atoms with Crippen molar-refractivity contribution in [3.05, 3.63) is 54.6 Å². The van der Waals surface area contributed by atoms with E-state index in [-0.39, 0.29) is 23.6 Å². The molecule has 3 N–H and O–H groups in total. The van der Waals surface area contributed by atoms with Crippen LogP contribution in [0.4, 0.5) is 5.69 Å². The van der Waals surface area contributed by atoms with Gasteiger partial charge in [0.2, 0.25) is 10.0 Å². The normalized spacial score (nSPS) is 12.1. The van der Waals surface area contributed by atoms with Gasteiger partial charge in [0.05, 0.1) is 17.9 Å². The maximum atomic E-state index is 12.1. The minimum Gasteiger partial charge on any atom is -0.493 e. The Labute approximate surface area is 157 Å². The third-order valence-corrected chi connectivity index (χ3v) is 4.34. The smallest absolute Gasteiger partial charge is 0.310 e. The summed E-state index contributed by atoms with van der Waals surface area (Å²) in [5.74, 6) is -0.559. The Hall–Kier alpha value is -2.91. The summed E-state index contributed by atoms with van der Waals surface area (Å²) >= 11 is 0. The zero-order valence-corrected chi connectivity index (χ0v) is 15.4. The number of carbonyl (C=O) groups is 2. The van der Waals surface area contributed by atoms with Crippen LogP contribution >= 0.6 is 0 Å². The number of anilines is 1. The van der Waals surface area contributed by atoms with Gasteiger partial charge in [0.25, 0.3) is 5.91 Å². The number of hydrogen-bond acceptors (Lipinski definition) is 6. The highest BCUT2D eigenvalue weighted by Gasteiger charge is 2.18. The molecular formula is C18H20N2O6S. The standard InChI is InChI=1S/C18H20N2O6S/c1-13(26-17(21)10-11-25-15-7-3-2-4-8-15)18(22)20-14-6-5-9-16(12-14)27(19,23)24/h2-9,12-13H,10-11H2,1H3,(H,20,22)(H2,19,23,24)/t13-/m1/s1. The van der Waals surface area contributed by atoms with E-state index in [1.807, 2.05) is 18.2 Å². The van der Waals surface area contributed by atoms with Crippen LogP contribution in [0.2, 0.25) is 0 Å². The Balaban J connectivity index is 1.82. The molecule has 0 fully saturated rings. The first-order chi connectivity index (χ1) is 12.8. The van der Waals surface area contributed by atoms with Crippen LogP contribution in [-0.2, 0) is 24.3 Å². The van der Waals surface area contributed by atoms with Crippen LogP contribution in [0.15, 0.2) is 59.5 Å². The summed E-state index contributed by atoms with van der Waals surface area (Å²) in [5.41, 5.74) is 0.224. The van der Waals surface area contributed by atoms with Gasteiger partial charge in [-0.3, -0.25) is 9.59 Å². The Morgan fingerprint density at radius 2 is 1.81 bits per heavy atom. The highest BCUT2D eigenvalue weighted by atomic mass is 32.2. The SMILES string of the molecule is C[C@@H](OC(=O)CCOc1ccccc1)C(=O)Nc1cccc(S(N)(=O)=O)c1. The molecule has 2 aromatic rings. The van der Waals surface area contributed by atoms with Gasteiger partial charge in [0.15, 0.2) is 6.10 Å². The molecular weight excluding hydrogens is 372 g/mol. The number of hydrogen-bond donors (Lipinski definition) is 2. The van der Waals surface area contributed by atoms with Gasteiger partial charge < -0.3 is 14.8 Å². The van der Waals surface area contributed by atoms with Crippen molar-refractivity contribution in [2.45, 2.75) is 24.3 Å². The molecule has 0 saturated heterocycles. The van der Waals surface area contributed by atoms with Crippen molar-refractivity contribution in [2.75, 3.05) is 11.9 Å². The predicted octanol–water partition coefficient (Wildman–Crippen LogP) is 1.67. The van der Waals surface area contributed by atoms with Gasteiger partial charge in [0, 0.05) is 5.69 Å². The van der Waals surface area contributed by atoms with Crippen LogP contribution in [0, 0.1) is 0 Å². The zero-order chi connectivity index (χ0) is 19.9. The first kappa shape index (κ1) is 20.4. The average Bonchev–Trinajstić information content (AvgIpc) is 2.62. The van der Waals surface area contributed by atoms with Crippen molar-refractivity contribution in [3.8, 4) is 5.75 Å². The molecule has 2 aromatic carbocycles. The number of amides is 1. The number of sulfonamides is 1. The van der Waals surface area contributed by atoms with Crippen molar-refractivity contribution in [1.82, 2.24) is 0 Å². The van der Waals surface area contributed by atoms with E-state index in [0.29, 0.717) is 5.75 Å². The molecule has 0 bridgehead atoms. The molecule has 0 spiro atoms. The number of esters is 1. The lowest BCUT2D eigenvalue weighted by Gasteiger charge is -2.14. The first-order valence-corrected chi connectivity index (χ1v) is 9.61. The minimum absolute atomic E-state index is 0.0204. The molecule has 0 aliphatic heterocycles. The van der Waals surface area contributed by atoms with E-state index in [1.165, 1.54) is 31.2 Å². The molecule has 0 aromatic heterocycles. The van der Waals surface area contributed by atoms with Crippen molar-refractivity contribution in [2.24, 2.45) is 5.14 Å². The van der Waals surface area contributed by atoms with Gasteiger partial charge in [-0.1, -0.05) is 24.3 Å². The Kier molecular flexibility index (Phi) is 6.91. The average molecular weight is 392 g/mol. The summed E-state index contributed by atoms with van der Waals surface area (Å²) in [4.78, 5) is 23.8. The minimum atomic E-state index is -3.88. The fourth-order valence-corrected chi connectivity index (χ4v) is 2.63. The fourth-order valence-electron chi connectivity index (χ4n) is 2.07. The molecule has 0 aliphatic carbocycles. The topological polar surface area (TPSA) is 125 Å². The third kappa shape index (κ3) is 6.72. The lowest BCUT2D eigenvalue weighted by atomic mass is 10.3. The Bertz CT molecular complexity index is 899. The maximum Gasteiger partial charge on any atom is 0.310 e. The van der Waals surface area contributed by atoms with Crippen LogP contribution in [-0.4, -0.2) is 33.0 Å². The van der Waals surface area contributed by atoms with Gasteiger partial charge in [-0.2, -0.15) is 0 Å². The number of para-hydroxylation sites is 1. The molecule has 144 valence electrons. The van der Waals surface area contributed by atoms with Gasteiger partial charge in [0.1, 0.15) is 5.75 Å². The van der Waals surface area contributed by atoms with Gasteiger partial charge in [-0.15, -0.1) is 0 Å². The number of primary sulfonamides is 1. The molecule has 0 heterocycles. The van der Waals surface area contributed by atoms with Crippen LogP contribution < -0.4 is 15.2 Å². The summed E-state index contributed by atoms with van der Waals surface area (Å²) < 4.78 is 33.1. The van der Waals surface area contributed by atoms with E-state index in [2.05, 4.69) is 5.32 Å². The fraction of sp³-hybridized carbons (Fsp3) is 0.222. The number of carbonyl (C=O) groups excluding carboxylic acids is 2. The number of rotatable bonds is 8. The van der Waals surface area contributed by atoms with Crippen LogP contribution in [0.5, 0.6) is 5.75 Å². The number of nitrogens with one attached hydrogen (secondary N) is 1. The van der Waals surface area contributed by atoms with Crippen LogP contribution in [0.1, 0.15) is 13.3 Å². The van der Waals surface area contributed by atoms with E-state index in [9.17, 15) is 18.0 Å². The van der Waals surface area contributed by atoms with Crippen molar-refractivity contribution >= 4 is 27.6 Å². The van der Waals surface area contributed by atoms with Crippen molar-refractivity contribution < 1.29 is 27.5 Å². The summed E-state index contributed by atoms with van der Waals surface area (Å²) in [6.07, 6.45) is -1.08. The molecule has 27 heavy (non-hydrogen) atoms. The van der Waals surface area contributed by atoms with E-state index < -0.39 is 28.0 Å². The second kappa shape index (κ2) is 9.15. The van der Waals surface area contributed by atoms with Gasteiger partial charge in [-0.05, 0) is 37.3 Å². The molecule has 2 rings (SSSR count). The highest BCUT2D eigenvalue weighted by Crippen LogP contribution is 2.15. The summed E-state index contributed by atoms with van der Waals surface area (Å²) in [5, 5.41) is 7.52. The van der Waals surface area contributed by atoms with Crippen molar-refractivity contribution in [3.63, 3.8) is 0 Å². The lowest BCUT2D eigenvalue weighted by molar-refractivity contribution is -0.153. The highest BCUT2D eigenvalue weighted by molar-refractivity contribution is 7.89. The summed E-state index contributed by atoms with van der Waals surface area (Å²) in [6.45, 7) is 1.53. The molecule has 0 aliphatic rings. The van der Waals surface area contributed by atoms with E-state index in [4.69, 9.17) is 14.6 Å². The van der Waals surface area contributed by atoms with Crippen molar-refractivity contribution in [1.29, 1.82) is 0 Å². The third-order valence-electron chi connectivity index (χ3n) is 3.43. The first-order valence-electron chi connectivity index (χ1n) is 8.07. The second-order valence-corrected chi connectivity index (χ2v) is 7.17. The summed E-state index contributed by atoms with van der Waals surface area (Å²) in [7, 11) is -3.88.